The molecule has 0 aliphatic rings. The first-order valence-electron chi connectivity index (χ1n) is 7.84. The highest BCUT2D eigenvalue weighted by Crippen LogP contribution is 2.30. The van der Waals surface area contributed by atoms with Crippen LogP contribution in [0, 0.1) is 5.92 Å². The van der Waals surface area contributed by atoms with Gasteiger partial charge >= 0.3 is 6.18 Å². The Balaban J connectivity index is 2.25. The van der Waals surface area contributed by atoms with Gasteiger partial charge in [0.15, 0.2) is 0 Å². The number of alkyl halides is 3. The maximum Gasteiger partial charge on any atom is 0.416 e. The van der Waals surface area contributed by atoms with E-state index < -0.39 is 11.7 Å². The molecule has 0 bridgehead atoms. The molecule has 0 fully saturated rings. The van der Waals surface area contributed by atoms with Crippen LogP contribution < -0.4 is 9.64 Å². The van der Waals surface area contributed by atoms with Gasteiger partial charge in [0.2, 0.25) is 0 Å². The summed E-state index contributed by atoms with van der Waals surface area (Å²) >= 11 is 0. The minimum absolute atomic E-state index is 0.387. The van der Waals surface area contributed by atoms with Crippen molar-refractivity contribution in [3.05, 3.63) is 59.7 Å². The fraction of sp³-hybridized carbons (Fsp3) is 0.368. The molecule has 0 saturated heterocycles. The summed E-state index contributed by atoms with van der Waals surface area (Å²) in [6, 6.07) is 13.1. The van der Waals surface area contributed by atoms with Crippen LogP contribution in [0.3, 0.4) is 0 Å². The maximum absolute atomic E-state index is 12.9. The average Bonchev–Trinajstić information content (AvgIpc) is 2.53. The van der Waals surface area contributed by atoms with Crippen LogP contribution in [0.15, 0.2) is 48.5 Å². The molecule has 0 aliphatic carbocycles. The number of anilines is 1. The molecule has 0 radical (unpaired) electrons. The summed E-state index contributed by atoms with van der Waals surface area (Å²) in [7, 11) is 1.60. The van der Waals surface area contributed by atoms with Gasteiger partial charge in [-0.3, -0.25) is 0 Å². The zero-order valence-corrected chi connectivity index (χ0v) is 14.1. The minimum atomic E-state index is -4.32. The number of hydrogen-bond donors (Lipinski definition) is 0. The van der Waals surface area contributed by atoms with Crippen LogP contribution in [0.1, 0.15) is 25.0 Å². The minimum Gasteiger partial charge on any atom is -0.497 e. The second kappa shape index (κ2) is 7.60. The zero-order valence-electron chi connectivity index (χ0n) is 14.1. The first kappa shape index (κ1) is 18.2. The molecule has 0 atom stereocenters. The Bertz CT molecular complexity index is 650. The lowest BCUT2D eigenvalue weighted by Crippen LogP contribution is -2.27. The molecule has 2 aromatic carbocycles. The summed E-state index contributed by atoms with van der Waals surface area (Å²) in [6.07, 6.45) is -4.32. The van der Waals surface area contributed by atoms with E-state index in [0.717, 1.165) is 24.0 Å². The first-order valence-corrected chi connectivity index (χ1v) is 7.84. The smallest absolute Gasteiger partial charge is 0.416 e. The Hall–Kier alpha value is -2.17. The van der Waals surface area contributed by atoms with Gasteiger partial charge in [-0.2, -0.15) is 13.2 Å². The number of hydrogen-bond acceptors (Lipinski definition) is 2. The molecule has 5 heteroatoms. The van der Waals surface area contributed by atoms with E-state index in [4.69, 9.17) is 4.74 Å². The predicted octanol–water partition coefficient (Wildman–Crippen LogP) is 5.38. The van der Waals surface area contributed by atoms with Gasteiger partial charge in [0.1, 0.15) is 5.75 Å². The van der Waals surface area contributed by atoms with Crippen molar-refractivity contribution < 1.29 is 17.9 Å². The van der Waals surface area contributed by atoms with Crippen LogP contribution in [0.25, 0.3) is 0 Å². The maximum atomic E-state index is 12.9. The van der Waals surface area contributed by atoms with Crippen molar-refractivity contribution in [1.82, 2.24) is 0 Å². The van der Waals surface area contributed by atoms with Gasteiger partial charge in [-0.15, -0.1) is 0 Å². The van der Waals surface area contributed by atoms with Crippen LogP contribution in [-0.2, 0) is 12.7 Å². The Kier molecular flexibility index (Phi) is 5.75. The number of nitrogens with zero attached hydrogens (tertiary/aromatic N) is 1. The van der Waals surface area contributed by atoms with Crippen molar-refractivity contribution in [3.8, 4) is 5.75 Å². The highest BCUT2D eigenvalue weighted by atomic mass is 19.4. The van der Waals surface area contributed by atoms with Crippen LogP contribution in [0.5, 0.6) is 5.75 Å². The molecule has 2 nitrogen and oxygen atoms in total. The Morgan fingerprint density at radius 2 is 1.71 bits per heavy atom. The second-order valence-corrected chi connectivity index (χ2v) is 6.17. The number of benzene rings is 2. The van der Waals surface area contributed by atoms with Gasteiger partial charge in [-0.25, -0.2) is 0 Å². The van der Waals surface area contributed by atoms with Crippen molar-refractivity contribution in [2.24, 2.45) is 5.92 Å². The van der Waals surface area contributed by atoms with E-state index in [0.29, 0.717) is 18.0 Å². The van der Waals surface area contributed by atoms with Gasteiger partial charge in [-0.1, -0.05) is 26.0 Å². The lowest BCUT2D eigenvalue weighted by molar-refractivity contribution is -0.137. The molecular weight excluding hydrogens is 315 g/mol. The third-order valence-electron chi connectivity index (χ3n) is 3.65. The molecule has 2 aromatic rings. The molecule has 0 aliphatic heterocycles. The number of rotatable bonds is 6. The van der Waals surface area contributed by atoms with Gasteiger partial charge in [0.05, 0.1) is 12.7 Å². The molecule has 130 valence electrons. The third-order valence-corrected chi connectivity index (χ3v) is 3.65. The lowest BCUT2D eigenvalue weighted by Gasteiger charge is -2.27. The molecule has 0 saturated carbocycles. The molecule has 0 unspecified atom stereocenters. The monoisotopic (exact) mass is 337 g/mol. The largest absolute Gasteiger partial charge is 0.497 e. The van der Waals surface area contributed by atoms with E-state index >= 15 is 0 Å². The van der Waals surface area contributed by atoms with Crippen molar-refractivity contribution in [2.75, 3.05) is 18.6 Å². The van der Waals surface area contributed by atoms with Crippen molar-refractivity contribution in [2.45, 2.75) is 26.6 Å². The molecular formula is C19H22F3NO. The lowest BCUT2D eigenvalue weighted by atomic mass is 10.1. The molecule has 0 heterocycles. The first-order chi connectivity index (χ1) is 11.3. The zero-order chi connectivity index (χ0) is 17.7. The van der Waals surface area contributed by atoms with Gasteiger partial charge in [0.25, 0.3) is 0 Å². The number of methoxy groups -OCH3 is 1. The highest BCUT2D eigenvalue weighted by Gasteiger charge is 2.30. The van der Waals surface area contributed by atoms with E-state index in [-0.39, 0.29) is 0 Å². The summed E-state index contributed by atoms with van der Waals surface area (Å²) in [6.45, 7) is 5.35. The van der Waals surface area contributed by atoms with Crippen LogP contribution in [-0.4, -0.2) is 13.7 Å². The molecule has 2 rings (SSSR count). The van der Waals surface area contributed by atoms with Gasteiger partial charge < -0.3 is 9.64 Å². The van der Waals surface area contributed by atoms with Crippen LogP contribution in [0.2, 0.25) is 0 Å². The number of ether oxygens (including phenoxy) is 1. The standard InChI is InChI=1S/C19H22F3NO/c1-14(2)12-23(17-7-9-18(24-3)10-8-17)13-15-5-4-6-16(11-15)19(20,21)22/h4-11,14H,12-13H2,1-3H3. The Morgan fingerprint density at radius 3 is 2.25 bits per heavy atom. The molecule has 0 N–H and O–H groups in total. The Labute approximate surface area is 140 Å². The van der Waals surface area contributed by atoms with E-state index in [1.54, 1.807) is 13.2 Å². The van der Waals surface area contributed by atoms with E-state index in [9.17, 15) is 13.2 Å². The number of halogens is 3. The molecule has 24 heavy (non-hydrogen) atoms. The van der Waals surface area contributed by atoms with Crippen molar-refractivity contribution in [1.29, 1.82) is 0 Å². The summed E-state index contributed by atoms with van der Waals surface area (Å²) in [5.74, 6) is 1.14. The SMILES string of the molecule is COc1ccc(N(Cc2cccc(C(F)(F)F)c2)CC(C)C)cc1. The summed E-state index contributed by atoms with van der Waals surface area (Å²) < 4.78 is 43.8. The van der Waals surface area contributed by atoms with Crippen molar-refractivity contribution in [3.63, 3.8) is 0 Å². The average molecular weight is 337 g/mol. The van der Waals surface area contributed by atoms with E-state index in [1.165, 1.54) is 12.1 Å². The molecule has 0 spiro atoms. The quantitative estimate of drug-likeness (QED) is 0.702. The van der Waals surface area contributed by atoms with E-state index in [1.807, 2.05) is 24.3 Å². The molecule has 0 amide bonds. The fourth-order valence-corrected chi connectivity index (χ4v) is 2.56. The fourth-order valence-electron chi connectivity index (χ4n) is 2.56. The predicted molar refractivity (Wildman–Crippen MR) is 90.3 cm³/mol. The van der Waals surface area contributed by atoms with Crippen LogP contribution >= 0.6 is 0 Å². The summed E-state index contributed by atoms with van der Waals surface area (Å²) in [4.78, 5) is 2.08. The summed E-state index contributed by atoms with van der Waals surface area (Å²) in [5.41, 5.74) is 0.988. The third kappa shape index (κ3) is 4.91. The Morgan fingerprint density at radius 1 is 1.04 bits per heavy atom. The summed E-state index contributed by atoms with van der Waals surface area (Å²) in [5, 5.41) is 0. The normalized spacial score (nSPS) is 11.6. The second-order valence-electron chi connectivity index (χ2n) is 6.17. The van der Waals surface area contributed by atoms with E-state index in [2.05, 4.69) is 18.7 Å². The van der Waals surface area contributed by atoms with Crippen LogP contribution in [0.4, 0.5) is 18.9 Å². The van der Waals surface area contributed by atoms with Gasteiger partial charge in [-0.05, 0) is 47.9 Å². The highest BCUT2D eigenvalue weighted by molar-refractivity contribution is 5.49. The topological polar surface area (TPSA) is 12.5 Å². The van der Waals surface area contributed by atoms with Gasteiger partial charge in [0, 0.05) is 18.8 Å². The molecule has 0 aromatic heterocycles. The van der Waals surface area contributed by atoms with Crippen molar-refractivity contribution >= 4 is 5.69 Å².